The molecular formula is C14H12ClN5OS2. The first kappa shape index (κ1) is 15.9. The van der Waals surface area contributed by atoms with E-state index in [1.54, 1.807) is 23.7 Å². The number of carbonyl (C=O) groups excluding carboxylic acids is 1. The van der Waals surface area contributed by atoms with Crippen molar-refractivity contribution in [1.82, 2.24) is 15.0 Å². The van der Waals surface area contributed by atoms with Crippen molar-refractivity contribution in [2.45, 2.75) is 13.8 Å². The van der Waals surface area contributed by atoms with Crippen LogP contribution in [-0.2, 0) is 0 Å². The highest BCUT2D eigenvalue weighted by Gasteiger charge is 2.18. The molecule has 0 bridgehead atoms. The molecule has 3 heterocycles. The number of hydrogen-bond donors (Lipinski definition) is 2. The van der Waals surface area contributed by atoms with Gasteiger partial charge in [-0.15, -0.1) is 22.7 Å². The van der Waals surface area contributed by atoms with Gasteiger partial charge in [0.05, 0.1) is 10.0 Å². The van der Waals surface area contributed by atoms with E-state index in [2.05, 4.69) is 25.6 Å². The lowest BCUT2D eigenvalue weighted by molar-refractivity contribution is 0.102. The van der Waals surface area contributed by atoms with E-state index < -0.39 is 0 Å². The van der Waals surface area contributed by atoms with Crippen LogP contribution in [0, 0.1) is 13.8 Å². The minimum absolute atomic E-state index is 0.303. The van der Waals surface area contributed by atoms with Crippen LogP contribution in [0.2, 0.25) is 5.15 Å². The predicted octanol–water partition coefficient (Wildman–Crippen LogP) is 4.26. The van der Waals surface area contributed by atoms with Gasteiger partial charge >= 0.3 is 0 Å². The van der Waals surface area contributed by atoms with Gasteiger partial charge in [0, 0.05) is 17.3 Å². The summed E-state index contributed by atoms with van der Waals surface area (Å²) in [6.45, 7) is 3.73. The number of amides is 1. The lowest BCUT2D eigenvalue weighted by Gasteiger charge is -2.06. The monoisotopic (exact) mass is 365 g/mol. The fourth-order valence-electron chi connectivity index (χ4n) is 1.87. The molecule has 0 aromatic carbocycles. The van der Waals surface area contributed by atoms with E-state index in [1.807, 2.05) is 13.8 Å². The number of halogens is 1. The summed E-state index contributed by atoms with van der Waals surface area (Å²) >= 11 is 8.75. The molecule has 0 spiro atoms. The van der Waals surface area contributed by atoms with Gasteiger partial charge in [0.15, 0.2) is 5.69 Å². The third-order valence-electron chi connectivity index (χ3n) is 2.79. The van der Waals surface area contributed by atoms with Gasteiger partial charge in [-0.3, -0.25) is 4.79 Å². The molecule has 0 atom stereocenters. The molecule has 23 heavy (non-hydrogen) atoms. The van der Waals surface area contributed by atoms with Crippen molar-refractivity contribution >= 4 is 56.7 Å². The van der Waals surface area contributed by atoms with Crippen LogP contribution in [0.4, 0.5) is 16.5 Å². The summed E-state index contributed by atoms with van der Waals surface area (Å²) in [7, 11) is 0. The molecule has 0 aliphatic carbocycles. The minimum Gasteiger partial charge on any atom is -0.345 e. The second-order valence-corrected chi connectivity index (χ2v) is 7.26. The first-order chi connectivity index (χ1) is 11.0. The number of carbonyl (C=O) groups is 1. The molecule has 0 unspecified atom stereocenters. The van der Waals surface area contributed by atoms with Gasteiger partial charge < -0.3 is 10.6 Å². The van der Waals surface area contributed by atoms with E-state index in [0.717, 1.165) is 15.7 Å². The number of thiazole rings is 2. The van der Waals surface area contributed by atoms with Crippen LogP contribution in [-0.4, -0.2) is 20.9 Å². The quantitative estimate of drug-likeness (QED) is 0.675. The molecule has 9 heteroatoms. The van der Waals surface area contributed by atoms with Crippen LogP contribution < -0.4 is 10.6 Å². The maximum Gasteiger partial charge on any atom is 0.278 e. The fraction of sp³-hybridized carbons (Fsp3) is 0.143. The lowest BCUT2D eigenvalue weighted by Crippen LogP contribution is -2.14. The van der Waals surface area contributed by atoms with E-state index in [1.165, 1.54) is 22.7 Å². The molecule has 3 aromatic heterocycles. The number of aromatic nitrogens is 3. The van der Waals surface area contributed by atoms with E-state index in [-0.39, 0.29) is 5.91 Å². The summed E-state index contributed by atoms with van der Waals surface area (Å²) in [5.74, 6) is 0.225. The summed E-state index contributed by atoms with van der Waals surface area (Å²) in [5, 5.41) is 10.4. The molecule has 6 nitrogen and oxygen atoms in total. The molecule has 0 fully saturated rings. The van der Waals surface area contributed by atoms with Gasteiger partial charge in [0.2, 0.25) is 0 Å². The molecule has 3 aromatic rings. The highest BCUT2D eigenvalue weighted by molar-refractivity contribution is 7.16. The van der Waals surface area contributed by atoms with Crippen LogP contribution in [0.1, 0.15) is 20.5 Å². The Morgan fingerprint density at radius 3 is 2.78 bits per heavy atom. The van der Waals surface area contributed by atoms with Gasteiger partial charge in [-0.05, 0) is 26.0 Å². The normalized spacial score (nSPS) is 10.6. The first-order valence-corrected chi connectivity index (χ1v) is 8.68. The SMILES string of the molecule is Cc1nc(NC(=O)c2nc(C)sc2Nc2ccnc(Cl)c2)cs1. The van der Waals surface area contributed by atoms with Gasteiger partial charge in [0.25, 0.3) is 5.91 Å². The first-order valence-electron chi connectivity index (χ1n) is 6.61. The van der Waals surface area contributed by atoms with Crippen LogP contribution in [0.5, 0.6) is 0 Å². The van der Waals surface area contributed by atoms with Crippen molar-refractivity contribution in [3.05, 3.63) is 44.6 Å². The Kier molecular flexibility index (Phi) is 4.56. The maximum absolute atomic E-state index is 12.4. The Bertz CT molecular complexity index is 860. The maximum atomic E-state index is 12.4. The van der Waals surface area contributed by atoms with Crippen molar-refractivity contribution < 1.29 is 4.79 Å². The van der Waals surface area contributed by atoms with E-state index in [9.17, 15) is 4.79 Å². The smallest absolute Gasteiger partial charge is 0.278 e. The number of nitrogens with zero attached hydrogens (tertiary/aromatic N) is 3. The zero-order chi connectivity index (χ0) is 16.4. The average molecular weight is 366 g/mol. The Morgan fingerprint density at radius 2 is 2.09 bits per heavy atom. The molecule has 0 aliphatic heterocycles. The van der Waals surface area contributed by atoms with Crippen LogP contribution in [0.15, 0.2) is 23.7 Å². The van der Waals surface area contributed by atoms with E-state index in [4.69, 9.17) is 11.6 Å². The number of hydrogen-bond acceptors (Lipinski definition) is 7. The lowest BCUT2D eigenvalue weighted by atomic mass is 10.3. The molecule has 0 radical (unpaired) electrons. The number of aryl methyl sites for hydroxylation is 2. The Hall–Kier alpha value is -2.03. The summed E-state index contributed by atoms with van der Waals surface area (Å²) in [6.07, 6.45) is 1.59. The van der Waals surface area contributed by atoms with Crippen LogP contribution >= 0.6 is 34.3 Å². The molecule has 1 amide bonds. The third-order valence-corrected chi connectivity index (χ3v) is 4.66. The molecule has 118 valence electrons. The second kappa shape index (κ2) is 6.61. The van der Waals surface area contributed by atoms with Gasteiger partial charge in [-0.2, -0.15) is 0 Å². The third kappa shape index (κ3) is 3.84. The van der Waals surface area contributed by atoms with Crippen molar-refractivity contribution in [2.75, 3.05) is 10.6 Å². The van der Waals surface area contributed by atoms with Gasteiger partial charge in [-0.25, -0.2) is 15.0 Å². The zero-order valence-corrected chi connectivity index (χ0v) is 14.6. The summed E-state index contributed by atoms with van der Waals surface area (Å²) in [4.78, 5) is 24.9. The van der Waals surface area contributed by atoms with Crippen LogP contribution in [0.25, 0.3) is 0 Å². The summed E-state index contributed by atoms with van der Waals surface area (Å²) in [5.41, 5.74) is 1.07. The minimum atomic E-state index is -0.303. The molecule has 0 aliphatic rings. The number of pyridine rings is 1. The molecule has 3 rings (SSSR count). The molecule has 2 N–H and O–H groups in total. The highest BCUT2D eigenvalue weighted by atomic mass is 35.5. The van der Waals surface area contributed by atoms with Gasteiger partial charge in [0.1, 0.15) is 16.0 Å². The molecule has 0 saturated carbocycles. The predicted molar refractivity (Wildman–Crippen MR) is 94.2 cm³/mol. The second-order valence-electron chi connectivity index (χ2n) is 4.61. The van der Waals surface area contributed by atoms with Gasteiger partial charge in [-0.1, -0.05) is 11.6 Å². The Morgan fingerprint density at radius 1 is 1.26 bits per heavy atom. The number of rotatable bonds is 4. The van der Waals surface area contributed by atoms with Crippen molar-refractivity contribution in [3.63, 3.8) is 0 Å². The van der Waals surface area contributed by atoms with E-state index >= 15 is 0 Å². The average Bonchev–Trinajstić information content (AvgIpc) is 3.05. The fourth-order valence-corrected chi connectivity index (χ4v) is 3.43. The Balaban J connectivity index is 1.83. The number of anilines is 3. The topological polar surface area (TPSA) is 79.8 Å². The highest BCUT2D eigenvalue weighted by Crippen LogP contribution is 2.29. The Labute approximate surface area is 145 Å². The summed E-state index contributed by atoms with van der Waals surface area (Å²) in [6, 6.07) is 3.45. The van der Waals surface area contributed by atoms with Crippen molar-refractivity contribution in [3.8, 4) is 0 Å². The van der Waals surface area contributed by atoms with Crippen LogP contribution in [0.3, 0.4) is 0 Å². The van der Waals surface area contributed by atoms with E-state index in [0.29, 0.717) is 21.7 Å². The molecular weight excluding hydrogens is 354 g/mol. The van der Waals surface area contributed by atoms with Crippen molar-refractivity contribution in [2.24, 2.45) is 0 Å². The number of nitrogens with one attached hydrogen (secondary N) is 2. The summed E-state index contributed by atoms with van der Waals surface area (Å²) < 4.78 is 0. The van der Waals surface area contributed by atoms with Crippen molar-refractivity contribution in [1.29, 1.82) is 0 Å². The largest absolute Gasteiger partial charge is 0.345 e. The standard InChI is InChI=1S/C14H12ClN5OS2/c1-7-17-11(6-22-7)20-13(21)12-14(23-8(2)18-12)19-9-3-4-16-10(15)5-9/h3-6H,1-2H3,(H,16,19)(H,20,21). The molecule has 0 saturated heterocycles. The zero-order valence-electron chi connectivity index (χ0n) is 12.3.